The van der Waals surface area contributed by atoms with Gasteiger partial charge in [0.1, 0.15) is 24.4 Å². The Labute approximate surface area is 151 Å². The van der Waals surface area contributed by atoms with Crippen LogP contribution in [-0.2, 0) is 20.9 Å². The summed E-state index contributed by atoms with van der Waals surface area (Å²) in [7, 11) is 0. The van der Waals surface area contributed by atoms with E-state index in [-0.39, 0.29) is 18.9 Å². The summed E-state index contributed by atoms with van der Waals surface area (Å²) < 4.78 is 24.0. The van der Waals surface area contributed by atoms with Crippen molar-refractivity contribution in [3.8, 4) is 10.8 Å². The number of nitrogens with one attached hydrogen (secondary N) is 1. The first-order valence-corrected chi connectivity index (χ1v) is 8.72. The van der Waals surface area contributed by atoms with Gasteiger partial charge in [0.25, 0.3) is 0 Å². The van der Waals surface area contributed by atoms with E-state index in [4.69, 9.17) is 9.15 Å². The number of amides is 1. The highest BCUT2D eigenvalue weighted by Crippen LogP contribution is 2.33. The van der Waals surface area contributed by atoms with Crippen molar-refractivity contribution in [2.24, 2.45) is 0 Å². The number of carbonyl (C=O) groups is 2. The van der Waals surface area contributed by atoms with Crippen LogP contribution in [0.3, 0.4) is 0 Å². The number of fused-ring (bicyclic) bond motifs is 1. The first-order valence-electron chi connectivity index (χ1n) is 7.84. The van der Waals surface area contributed by atoms with E-state index in [9.17, 15) is 14.0 Å². The average Bonchev–Trinajstić information content (AvgIpc) is 3.29. The maximum Gasteiger partial charge on any atom is 0.314 e. The normalized spacial score (nSPS) is 16.0. The molecule has 3 heterocycles. The quantitative estimate of drug-likeness (QED) is 0.706. The van der Waals surface area contributed by atoms with E-state index in [2.05, 4.69) is 10.3 Å². The fourth-order valence-corrected chi connectivity index (χ4v) is 3.44. The summed E-state index contributed by atoms with van der Waals surface area (Å²) >= 11 is 1.49. The Hall–Kier alpha value is -3.00. The lowest BCUT2D eigenvalue weighted by atomic mass is 9.90. The smallest absolute Gasteiger partial charge is 0.314 e. The Morgan fingerprint density at radius 3 is 3.12 bits per heavy atom. The van der Waals surface area contributed by atoms with Crippen molar-refractivity contribution in [1.29, 1.82) is 0 Å². The predicted octanol–water partition coefficient (Wildman–Crippen LogP) is 3.71. The molecule has 1 aliphatic heterocycles. The van der Waals surface area contributed by atoms with Gasteiger partial charge in [-0.05, 0) is 29.1 Å². The van der Waals surface area contributed by atoms with Crippen molar-refractivity contribution >= 4 is 28.9 Å². The van der Waals surface area contributed by atoms with Crippen LogP contribution in [0.1, 0.15) is 23.6 Å². The standard InChI is InChI=1S/C18H13FN2O4S/c19-10-3-4-12-13(7-16(22)21-14(12)6-10)18(23)25-9-11-8-24-17(20-11)15-2-1-5-26-15/h1-6,8,13H,7,9H2,(H,21,22). The van der Waals surface area contributed by atoms with Gasteiger partial charge in [-0.2, -0.15) is 0 Å². The summed E-state index contributed by atoms with van der Waals surface area (Å²) in [5.74, 6) is -1.71. The molecule has 0 saturated carbocycles. The summed E-state index contributed by atoms with van der Waals surface area (Å²) in [5, 5.41) is 4.48. The second kappa shape index (κ2) is 6.72. The number of anilines is 1. The van der Waals surface area contributed by atoms with Crippen molar-refractivity contribution in [3.05, 3.63) is 59.0 Å². The molecule has 8 heteroatoms. The van der Waals surface area contributed by atoms with Gasteiger partial charge in [0.2, 0.25) is 11.8 Å². The summed E-state index contributed by atoms with van der Waals surface area (Å²) in [6.45, 7) is -0.0671. The second-order valence-corrected chi connectivity index (χ2v) is 6.71. The van der Waals surface area contributed by atoms with Crippen LogP contribution in [0.5, 0.6) is 0 Å². The average molecular weight is 372 g/mol. The van der Waals surface area contributed by atoms with Crippen molar-refractivity contribution in [1.82, 2.24) is 4.98 Å². The van der Waals surface area contributed by atoms with Crippen LogP contribution in [0.25, 0.3) is 10.8 Å². The summed E-state index contributed by atoms with van der Waals surface area (Å²) in [4.78, 5) is 29.4. The van der Waals surface area contributed by atoms with Crippen molar-refractivity contribution in [2.45, 2.75) is 18.9 Å². The fourth-order valence-electron chi connectivity index (χ4n) is 2.78. The second-order valence-electron chi connectivity index (χ2n) is 5.77. The van der Waals surface area contributed by atoms with Gasteiger partial charge in [-0.1, -0.05) is 12.1 Å². The van der Waals surface area contributed by atoms with E-state index >= 15 is 0 Å². The van der Waals surface area contributed by atoms with E-state index in [1.54, 1.807) is 0 Å². The molecule has 132 valence electrons. The maximum absolute atomic E-state index is 13.4. The molecule has 26 heavy (non-hydrogen) atoms. The van der Waals surface area contributed by atoms with Crippen LogP contribution < -0.4 is 5.32 Å². The topological polar surface area (TPSA) is 81.4 Å². The molecular formula is C18H13FN2O4S. The lowest BCUT2D eigenvalue weighted by Crippen LogP contribution is -2.28. The molecule has 1 aromatic carbocycles. The van der Waals surface area contributed by atoms with Crippen LogP contribution in [-0.4, -0.2) is 16.9 Å². The molecular weight excluding hydrogens is 359 g/mol. The number of ether oxygens (including phenoxy) is 1. The molecule has 4 rings (SSSR count). The maximum atomic E-state index is 13.4. The molecule has 3 aromatic rings. The van der Waals surface area contributed by atoms with Gasteiger partial charge in [0.15, 0.2) is 0 Å². The third-order valence-electron chi connectivity index (χ3n) is 3.98. The number of thiophene rings is 1. The van der Waals surface area contributed by atoms with Crippen LogP contribution in [0.2, 0.25) is 0 Å². The first kappa shape index (κ1) is 16.5. The number of hydrogen-bond acceptors (Lipinski definition) is 6. The SMILES string of the molecule is O=C1CC(C(=O)OCc2coc(-c3cccs3)n2)c2ccc(F)cc2N1. The molecule has 0 saturated heterocycles. The zero-order valence-electron chi connectivity index (χ0n) is 13.4. The van der Waals surface area contributed by atoms with E-state index in [1.807, 2.05) is 17.5 Å². The van der Waals surface area contributed by atoms with Gasteiger partial charge in [-0.15, -0.1) is 11.3 Å². The Morgan fingerprint density at radius 2 is 2.31 bits per heavy atom. The zero-order valence-corrected chi connectivity index (χ0v) is 14.2. The highest BCUT2D eigenvalue weighted by molar-refractivity contribution is 7.13. The predicted molar refractivity (Wildman–Crippen MR) is 92.0 cm³/mol. The molecule has 2 aromatic heterocycles. The van der Waals surface area contributed by atoms with Gasteiger partial charge in [-0.25, -0.2) is 9.37 Å². The highest BCUT2D eigenvalue weighted by atomic mass is 32.1. The number of halogens is 1. The fraction of sp³-hybridized carbons (Fsp3) is 0.167. The minimum absolute atomic E-state index is 0.0449. The Morgan fingerprint density at radius 1 is 1.42 bits per heavy atom. The molecule has 1 atom stereocenters. The lowest BCUT2D eigenvalue weighted by Gasteiger charge is -2.24. The Bertz CT molecular complexity index is 967. The molecule has 0 aliphatic carbocycles. The van der Waals surface area contributed by atoms with Gasteiger partial charge in [0.05, 0.1) is 10.8 Å². The third-order valence-corrected chi connectivity index (χ3v) is 4.84. The van der Waals surface area contributed by atoms with Crippen LogP contribution in [0, 0.1) is 5.82 Å². The number of rotatable bonds is 4. The monoisotopic (exact) mass is 372 g/mol. The highest BCUT2D eigenvalue weighted by Gasteiger charge is 2.32. The molecule has 1 amide bonds. The van der Waals surface area contributed by atoms with E-state index in [0.29, 0.717) is 22.8 Å². The molecule has 0 radical (unpaired) electrons. The molecule has 0 fully saturated rings. The molecule has 0 bridgehead atoms. The summed E-state index contributed by atoms with van der Waals surface area (Å²) in [6, 6.07) is 7.70. The van der Waals surface area contributed by atoms with Crippen molar-refractivity contribution < 1.29 is 23.1 Å². The Balaban J connectivity index is 1.46. The van der Waals surface area contributed by atoms with Crippen LogP contribution >= 0.6 is 11.3 Å². The van der Waals surface area contributed by atoms with Crippen LogP contribution in [0.15, 0.2) is 46.4 Å². The number of esters is 1. The molecule has 1 aliphatic rings. The van der Waals surface area contributed by atoms with Crippen molar-refractivity contribution in [2.75, 3.05) is 5.32 Å². The van der Waals surface area contributed by atoms with E-state index in [1.165, 1.54) is 35.8 Å². The van der Waals surface area contributed by atoms with Gasteiger partial charge >= 0.3 is 5.97 Å². The van der Waals surface area contributed by atoms with Gasteiger partial charge in [-0.3, -0.25) is 9.59 Å². The largest absolute Gasteiger partial charge is 0.459 e. The number of nitrogens with zero attached hydrogens (tertiary/aromatic N) is 1. The zero-order chi connectivity index (χ0) is 18.1. The molecule has 0 spiro atoms. The van der Waals surface area contributed by atoms with E-state index in [0.717, 1.165) is 4.88 Å². The molecule has 6 nitrogen and oxygen atoms in total. The Kier molecular flexibility index (Phi) is 4.26. The minimum Gasteiger partial charge on any atom is -0.459 e. The lowest BCUT2D eigenvalue weighted by molar-refractivity contribution is -0.148. The van der Waals surface area contributed by atoms with Crippen molar-refractivity contribution in [3.63, 3.8) is 0 Å². The minimum atomic E-state index is -0.775. The summed E-state index contributed by atoms with van der Waals surface area (Å²) in [6.07, 6.45) is 1.38. The number of hydrogen-bond donors (Lipinski definition) is 1. The van der Waals surface area contributed by atoms with E-state index < -0.39 is 17.7 Å². The molecule has 1 unspecified atom stereocenters. The summed E-state index contributed by atoms with van der Waals surface area (Å²) in [5.41, 5.74) is 1.31. The first-order chi connectivity index (χ1) is 12.6. The third kappa shape index (κ3) is 3.23. The number of aromatic nitrogens is 1. The van der Waals surface area contributed by atoms with Gasteiger partial charge in [0, 0.05) is 12.1 Å². The number of oxazole rings is 1. The molecule has 1 N–H and O–H groups in total. The number of benzene rings is 1. The number of carbonyl (C=O) groups excluding carboxylic acids is 2. The van der Waals surface area contributed by atoms with Gasteiger partial charge < -0.3 is 14.5 Å². The van der Waals surface area contributed by atoms with Crippen LogP contribution in [0.4, 0.5) is 10.1 Å².